The molecule has 1 unspecified atom stereocenters. The van der Waals surface area contributed by atoms with Crippen molar-refractivity contribution in [1.29, 1.82) is 0 Å². The summed E-state index contributed by atoms with van der Waals surface area (Å²) in [4.78, 5) is 30.1. The highest BCUT2D eigenvalue weighted by Crippen LogP contribution is 2.25. The molecule has 0 fully saturated rings. The van der Waals surface area contributed by atoms with Gasteiger partial charge in [0.25, 0.3) is 11.8 Å². The van der Waals surface area contributed by atoms with Crippen molar-refractivity contribution in [2.75, 3.05) is 6.61 Å². The fourth-order valence-electron chi connectivity index (χ4n) is 3.82. The smallest absolute Gasteiger partial charge is 0.268 e. The van der Waals surface area contributed by atoms with Crippen molar-refractivity contribution in [3.05, 3.63) is 77.0 Å². The Hall–Kier alpha value is -3.46. The van der Waals surface area contributed by atoms with Crippen LogP contribution in [0.15, 0.2) is 47.2 Å². The number of nitrogens with zero attached hydrogens (tertiary/aromatic N) is 2. The summed E-state index contributed by atoms with van der Waals surface area (Å²) >= 11 is 0. The zero-order chi connectivity index (χ0) is 22.7. The van der Waals surface area contributed by atoms with Gasteiger partial charge in [0, 0.05) is 6.54 Å². The Morgan fingerprint density at radius 2 is 2.00 bits per heavy atom. The summed E-state index contributed by atoms with van der Waals surface area (Å²) in [5, 5.41) is 5.81. The Kier molecular flexibility index (Phi) is 6.36. The Morgan fingerprint density at radius 1 is 1.22 bits per heavy atom. The molecule has 9 heteroatoms. The molecule has 0 radical (unpaired) electrons. The third-order valence-electron chi connectivity index (χ3n) is 5.45. The molecular formula is C23H25FN4O4. The van der Waals surface area contributed by atoms with E-state index in [0.29, 0.717) is 36.0 Å². The SMILES string of the molecule is CC(C)C(NC(=O)c1cc(C(=O)NCc2ncco2)c2n1CCOC2)c1ccc(F)cc1. The normalized spacial score (nSPS) is 14.1. The quantitative estimate of drug-likeness (QED) is 0.588. The number of oxazole rings is 1. The molecule has 3 heterocycles. The molecular weight excluding hydrogens is 415 g/mol. The number of halogens is 1. The van der Waals surface area contributed by atoms with E-state index >= 15 is 0 Å². The molecule has 1 atom stereocenters. The van der Waals surface area contributed by atoms with Crippen molar-refractivity contribution in [1.82, 2.24) is 20.2 Å². The van der Waals surface area contributed by atoms with Gasteiger partial charge in [-0.15, -0.1) is 0 Å². The van der Waals surface area contributed by atoms with Gasteiger partial charge in [-0.05, 0) is 29.7 Å². The van der Waals surface area contributed by atoms with Crippen LogP contribution in [0.4, 0.5) is 4.39 Å². The fourth-order valence-corrected chi connectivity index (χ4v) is 3.82. The largest absolute Gasteiger partial charge is 0.447 e. The van der Waals surface area contributed by atoms with E-state index in [1.807, 2.05) is 18.4 Å². The number of fused-ring (bicyclic) bond motifs is 1. The first-order valence-corrected chi connectivity index (χ1v) is 10.5. The maximum Gasteiger partial charge on any atom is 0.268 e. The number of nitrogens with one attached hydrogen (secondary N) is 2. The average Bonchev–Trinajstić information content (AvgIpc) is 3.44. The maximum atomic E-state index is 13.3. The minimum atomic E-state index is -0.338. The topological polar surface area (TPSA) is 98.4 Å². The number of amides is 2. The molecule has 0 spiro atoms. The van der Waals surface area contributed by atoms with Crippen LogP contribution in [0.5, 0.6) is 0 Å². The van der Waals surface area contributed by atoms with Gasteiger partial charge in [0.1, 0.15) is 17.8 Å². The fraction of sp³-hybridized carbons (Fsp3) is 0.348. The summed E-state index contributed by atoms with van der Waals surface area (Å²) in [6.45, 7) is 5.26. The summed E-state index contributed by atoms with van der Waals surface area (Å²) < 4.78 is 25.8. The standard InChI is InChI=1S/C23H25FN4O4/c1-14(2)21(15-3-5-16(24)6-4-15)27-23(30)18-11-17(19-13-31-10-8-28(18)19)22(29)26-12-20-25-7-9-32-20/h3-7,9,11,14,21H,8,10,12-13H2,1-2H3,(H,26,29)(H,27,30). The van der Waals surface area contributed by atoms with Crippen LogP contribution in [0.2, 0.25) is 0 Å². The van der Waals surface area contributed by atoms with E-state index in [9.17, 15) is 14.0 Å². The van der Waals surface area contributed by atoms with Gasteiger partial charge in [0.05, 0.1) is 43.3 Å². The van der Waals surface area contributed by atoms with Crippen LogP contribution in [-0.4, -0.2) is 28.0 Å². The van der Waals surface area contributed by atoms with Crippen molar-refractivity contribution in [2.24, 2.45) is 5.92 Å². The van der Waals surface area contributed by atoms with E-state index in [-0.39, 0.29) is 42.7 Å². The number of benzene rings is 1. The molecule has 2 aromatic heterocycles. The van der Waals surface area contributed by atoms with E-state index in [1.165, 1.54) is 24.6 Å². The van der Waals surface area contributed by atoms with Crippen molar-refractivity contribution >= 4 is 11.8 Å². The molecule has 4 rings (SSSR count). The van der Waals surface area contributed by atoms with Crippen molar-refractivity contribution in [3.63, 3.8) is 0 Å². The zero-order valence-corrected chi connectivity index (χ0v) is 17.9. The van der Waals surface area contributed by atoms with E-state index < -0.39 is 0 Å². The lowest BCUT2D eigenvalue weighted by molar-refractivity contribution is 0.0773. The number of hydrogen-bond acceptors (Lipinski definition) is 5. The van der Waals surface area contributed by atoms with Crippen molar-refractivity contribution < 1.29 is 23.1 Å². The van der Waals surface area contributed by atoms with Gasteiger partial charge in [-0.2, -0.15) is 0 Å². The van der Waals surface area contributed by atoms with Crippen LogP contribution >= 0.6 is 0 Å². The molecule has 2 amide bonds. The minimum Gasteiger partial charge on any atom is -0.447 e. The van der Waals surface area contributed by atoms with Gasteiger partial charge in [0.15, 0.2) is 0 Å². The van der Waals surface area contributed by atoms with Crippen LogP contribution in [-0.2, 0) is 24.4 Å². The van der Waals surface area contributed by atoms with Crippen molar-refractivity contribution in [2.45, 2.75) is 39.6 Å². The monoisotopic (exact) mass is 440 g/mol. The number of carbonyl (C=O) groups is 2. The summed E-state index contributed by atoms with van der Waals surface area (Å²) in [6.07, 6.45) is 2.94. The summed E-state index contributed by atoms with van der Waals surface area (Å²) in [5.74, 6) is -0.506. The second-order valence-corrected chi connectivity index (χ2v) is 7.95. The number of rotatable bonds is 7. The van der Waals surface area contributed by atoms with E-state index in [0.717, 1.165) is 5.56 Å². The van der Waals surface area contributed by atoms with Crippen LogP contribution in [0.3, 0.4) is 0 Å². The molecule has 3 aromatic rings. The Labute approximate surface area is 184 Å². The third kappa shape index (κ3) is 4.57. The van der Waals surface area contributed by atoms with Gasteiger partial charge in [-0.25, -0.2) is 9.37 Å². The Balaban J connectivity index is 1.57. The molecule has 0 saturated carbocycles. The van der Waals surface area contributed by atoms with E-state index in [2.05, 4.69) is 15.6 Å². The second kappa shape index (κ2) is 9.35. The molecule has 1 aromatic carbocycles. The molecule has 1 aliphatic heterocycles. The Morgan fingerprint density at radius 3 is 2.69 bits per heavy atom. The van der Waals surface area contributed by atoms with Crippen LogP contribution in [0, 0.1) is 11.7 Å². The van der Waals surface area contributed by atoms with Crippen molar-refractivity contribution in [3.8, 4) is 0 Å². The molecule has 2 N–H and O–H groups in total. The van der Waals surface area contributed by atoms with Gasteiger partial charge in [0.2, 0.25) is 5.89 Å². The lowest BCUT2D eigenvalue weighted by Gasteiger charge is -2.24. The highest BCUT2D eigenvalue weighted by atomic mass is 19.1. The minimum absolute atomic E-state index is 0.0760. The number of carbonyl (C=O) groups excluding carboxylic acids is 2. The predicted octanol–water partition coefficient (Wildman–Crippen LogP) is 3.20. The highest BCUT2D eigenvalue weighted by molar-refractivity contribution is 6.00. The lowest BCUT2D eigenvalue weighted by Crippen LogP contribution is -2.34. The molecule has 0 saturated heterocycles. The molecule has 0 bridgehead atoms. The van der Waals surface area contributed by atoms with Gasteiger partial charge in [-0.3, -0.25) is 9.59 Å². The average molecular weight is 440 g/mol. The number of aromatic nitrogens is 2. The van der Waals surface area contributed by atoms with Crippen LogP contribution < -0.4 is 10.6 Å². The number of ether oxygens (including phenoxy) is 1. The maximum absolute atomic E-state index is 13.3. The first kappa shape index (κ1) is 21.8. The molecule has 32 heavy (non-hydrogen) atoms. The second-order valence-electron chi connectivity index (χ2n) is 7.95. The highest BCUT2D eigenvalue weighted by Gasteiger charge is 2.28. The van der Waals surface area contributed by atoms with Crippen LogP contribution in [0.25, 0.3) is 0 Å². The van der Waals surface area contributed by atoms with Gasteiger partial charge < -0.3 is 24.4 Å². The van der Waals surface area contributed by atoms with E-state index in [4.69, 9.17) is 9.15 Å². The molecule has 1 aliphatic rings. The van der Waals surface area contributed by atoms with Crippen LogP contribution in [0.1, 0.15) is 57.9 Å². The summed E-state index contributed by atoms with van der Waals surface area (Å²) in [5.41, 5.74) is 2.23. The molecule has 0 aliphatic carbocycles. The number of hydrogen-bond donors (Lipinski definition) is 2. The van der Waals surface area contributed by atoms with E-state index in [1.54, 1.807) is 18.2 Å². The predicted molar refractivity (Wildman–Crippen MR) is 113 cm³/mol. The molecule has 168 valence electrons. The zero-order valence-electron chi connectivity index (χ0n) is 17.9. The first-order chi connectivity index (χ1) is 15.4. The van der Waals surface area contributed by atoms with Gasteiger partial charge >= 0.3 is 0 Å². The Bertz CT molecular complexity index is 1090. The summed E-state index contributed by atoms with van der Waals surface area (Å²) in [7, 11) is 0. The molecule has 8 nitrogen and oxygen atoms in total. The van der Waals surface area contributed by atoms with Gasteiger partial charge in [-0.1, -0.05) is 26.0 Å². The first-order valence-electron chi connectivity index (χ1n) is 10.5. The third-order valence-corrected chi connectivity index (χ3v) is 5.45. The lowest BCUT2D eigenvalue weighted by atomic mass is 9.96. The summed E-state index contributed by atoms with van der Waals surface area (Å²) in [6, 6.07) is 7.38.